The number of H-pyrrole nitrogens is 1. The Labute approximate surface area is 114 Å². The number of para-hydroxylation sites is 2. The Morgan fingerprint density at radius 1 is 1.21 bits per heavy atom. The zero-order valence-electron chi connectivity index (χ0n) is 10.1. The van der Waals surface area contributed by atoms with Gasteiger partial charge in [0.2, 0.25) is 0 Å². The summed E-state index contributed by atoms with van der Waals surface area (Å²) >= 11 is 1.47. The third-order valence-corrected chi connectivity index (χ3v) is 3.86. The predicted octanol–water partition coefficient (Wildman–Crippen LogP) is 3.58. The molecule has 0 saturated carbocycles. The summed E-state index contributed by atoms with van der Waals surface area (Å²) in [5.74, 6) is 1.21. The van der Waals surface area contributed by atoms with E-state index >= 15 is 0 Å². The molecular formula is C14H12FN3S. The summed E-state index contributed by atoms with van der Waals surface area (Å²) in [6, 6.07) is 12.2. The first-order valence-corrected chi connectivity index (χ1v) is 6.82. The van der Waals surface area contributed by atoms with Gasteiger partial charge in [-0.3, -0.25) is 0 Å². The van der Waals surface area contributed by atoms with Crippen molar-refractivity contribution < 1.29 is 4.39 Å². The Morgan fingerprint density at radius 3 is 2.89 bits per heavy atom. The Hall–Kier alpha value is -2.01. The second kappa shape index (κ2) is 4.93. The molecular weight excluding hydrogens is 261 g/mol. The zero-order chi connectivity index (χ0) is 13.2. The number of hydrogen-bond donors (Lipinski definition) is 2. The van der Waals surface area contributed by atoms with Crippen LogP contribution in [-0.4, -0.2) is 9.97 Å². The number of benzene rings is 2. The van der Waals surface area contributed by atoms with Gasteiger partial charge in [0.05, 0.1) is 16.8 Å². The number of nitrogens with zero attached hydrogens (tertiary/aromatic N) is 1. The van der Waals surface area contributed by atoms with Gasteiger partial charge in [0.25, 0.3) is 0 Å². The highest BCUT2D eigenvalue weighted by atomic mass is 32.2. The van der Waals surface area contributed by atoms with Gasteiger partial charge in [-0.15, -0.1) is 11.8 Å². The van der Waals surface area contributed by atoms with Gasteiger partial charge in [-0.25, -0.2) is 9.37 Å². The highest BCUT2D eigenvalue weighted by molar-refractivity contribution is 7.98. The molecule has 0 amide bonds. The Kier molecular flexibility index (Phi) is 3.13. The molecule has 0 spiro atoms. The molecule has 19 heavy (non-hydrogen) atoms. The van der Waals surface area contributed by atoms with Crippen LogP contribution in [0.4, 0.5) is 10.1 Å². The van der Waals surface area contributed by atoms with Gasteiger partial charge >= 0.3 is 0 Å². The standard InChI is InChI=1S/C14H12FN3S/c15-9-5-6-10(16)13(7-9)19-8-14-17-11-3-1-2-4-12(11)18-14/h1-7H,8,16H2,(H,17,18). The highest BCUT2D eigenvalue weighted by Gasteiger charge is 2.06. The van der Waals surface area contributed by atoms with Crippen molar-refractivity contribution in [3.8, 4) is 0 Å². The lowest BCUT2D eigenvalue weighted by molar-refractivity contribution is 0.624. The van der Waals surface area contributed by atoms with E-state index in [0.717, 1.165) is 21.8 Å². The monoisotopic (exact) mass is 273 g/mol. The van der Waals surface area contributed by atoms with Crippen molar-refractivity contribution in [2.45, 2.75) is 10.6 Å². The van der Waals surface area contributed by atoms with Gasteiger partial charge in [-0.2, -0.15) is 0 Å². The first kappa shape index (κ1) is 12.0. The minimum atomic E-state index is -0.277. The fraction of sp³-hybridized carbons (Fsp3) is 0.0714. The summed E-state index contributed by atoms with van der Waals surface area (Å²) in [6.45, 7) is 0. The minimum Gasteiger partial charge on any atom is -0.398 e. The number of thioether (sulfide) groups is 1. The Balaban J connectivity index is 1.80. The molecule has 1 heterocycles. The van der Waals surface area contributed by atoms with Crippen LogP contribution in [0.1, 0.15) is 5.82 Å². The van der Waals surface area contributed by atoms with E-state index in [0.29, 0.717) is 11.4 Å². The number of nitrogen functional groups attached to an aromatic ring is 1. The zero-order valence-corrected chi connectivity index (χ0v) is 10.9. The van der Waals surface area contributed by atoms with Gasteiger partial charge in [0.15, 0.2) is 0 Å². The number of aromatic amines is 1. The lowest BCUT2D eigenvalue weighted by Gasteiger charge is -2.03. The van der Waals surface area contributed by atoms with Crippen LogP contribution in [0.2, 0.25) is 0 Å². The van der Waals surface area contributed by atoms with E-state index in [1.54, 1.807) is 6.07 Å². The first-order valence-electron chi connectivity index (χ1n) is 5.84. The average molecular weight is 273 g/mol. The van der Waals surface area contributed by atoms with Crippen molar-refractivity contribution >= 4 is 28.5 Å². The van der Waals surface area contributed by atoms with Crippen LogP contribution in [0.15, 0.2) is 47.4 Å². The van der Waals surface area contributed by atoms with Gasteiger partial charge in [0.1, 0.15) is 11.6 Å². The molecule has 0 fully saturated rings. The maximum Gasteiger partial charge on any atom is 0.124 e. The van der Waals surface area contributed by atoms with Gasteiger partial charge < -0.3 is 10.7 Å². The number of fused-ring (bicyclic) bond motifs is 1. The van der Waals surface area contributed by atoms with E-state index in [-0.39, 0.29) is 5.82 Å². The van der Waals surface area contributed by atoms with Crippen molar-refractivity contribution in [3.05, 3.63) is 54.1 Å². The van der Waals surface area contributed by atoms with Crippen LogP contribution in [0, 0.1) is 5.82 Å². The van der Waals surface area contributed by atoms with Crippen molar-refractivity contribution in [3.63, 3.8) is 0 Å². The number of nitrogens with one attached hydrogen (secondary N) is 1. The van der Waals surface area contributed by atoms with E-state index in [9.17, 15) is 4.39 Å². The summed E-state index contributed by atoms with van der Waals surface area (Å²) in [5.41, 5.74) is 8.34. The summed E-state index contributed by atoms with van der Waals surface area (Å²) in [5, 5.41) is 0. The lowest BCUT2D eigenvalue weighted by atomic mass is 10.3. The smallest absolute Gasteiger partial charge is 0.124 e. The van der Waals surface area contributed by atoms with Crippen molar-refractivity contribution in [2.75, 3.05) is 5.73 Å². The first-order chi connectivity index (χ1) is 9.22. The molecule has 2 aromatic carbocycles. The van der Waals surface area contributed by atoms with Crippen molar-refractivity contribution in [2.24, 2.45) is 0 Å². The summed E-state index contributed by atoms with van der Waals surface area (Å²) in [4.78, 5) is 8.44. The largest absolute Gasteiger partial charge is 0.398 e. The second-order valence-corrected chi connectivity index (χ2v) is 5.19. The van der Waals surface area contributed by atoms with E-state index in [1.807, 2.05) is 24.3 Å². The van der Waals surface area contributed by atoms with Gasteiger partial charge in [-0.05, 0) is 30.3 Å². The fourth-order valence-corrected chi connectivity index (χ4v) is 2.71. The number of aromatic nitrogens is 2. The molecule has 3 aromatic rings. The molecule has 3 N–H and O–H groups in total. The summed E-state index contributed by atoms with van der Waals surface area (Å²) < 4.78 is 13.1. The molecule has 0 radical (unpaired) electrons. The number of imidazole rings is 1. The lowest BCUT2D eigenvalue weighted by Crippen LogP contribution is -1.91. The number of nitrogens with two attached hydrogens (primary N) is 1. The molecule has 0 aliphatic carbocycles. The predicted molar refractivity (Wildman–Crippen MR) is 76.5 cm³/mol. The van der Waals surface area contributed by atoms with Crippen LogP contribution >= 0.6 is 11.8 Å². The SMILES string of the molecule is Nc1ccc(F)cc1SCc1nc2ccccc2[nH]1. The molecule has 0 atom stereocenters. The number of anilines is 1. The molecule has 0 saturated heterocycles. The topological polar surface area (TPSA) is 54.7 Å². The van der Waals surface area contributed by atoms with Crippen LogP contribution in [-0.2, 0) is 5.75 Å². The summed E-state index contributed by atoms with van der Waals surface area (Å²) in [6.07, 6.45) is 0. The molecule has 0 aliphatic rings. The molecule has 0 unspecified atom stereocenters. The van der Waals surface area contributed by atoms with Gasteiger partial charge in [-0.1, -0.05) is 12.1 Å². The van der Waals surface area contributed by atoms with Crippen molar-refractivity contribution in [1.82, 2.24) is 9.97 Å². The molecule has 3 nitrogen and oxygen atoms in total. The van der Waals surface area contributed by atoms with Crippen LogP contribution < -0.4 is 5.73 Å². The van der Waals surface area contributed by atoms with Crippen molar-refractivity contribution in [1.29, 1.82) is 0 Å². The molecule has 0 aliphatic heterocycles. The molecule has 3 rings (SSSR count). The molecule has 5 heteroatoms. The highest BCUT2D eigenvalue weighted by Crippen LogP contribution is 2.28. The van der Waals surface area contributed by atoms with Crippen LogP contribution in [0.3, 0.4) is 0 Å². The minimum absolute atomic E-state index is 0.277. The quantitative estimate of drug-likeness (QED) is 0.566. The van der Waals surface area contributed by atoms with Gasteiger partial charge in [0, 0.05) is 10.6 Å². The number of rotatable bonds is 3. The maximum absolute atomic E-state index is 13.1. The Bertz CT molecular complexity index is 691. The third kappa shape index (κ3) is 2.56. The second-order valence-electron chi connectivity index (χ2n) is 4.17. The summed E-state index contributed by atoms with van der Waals surface area (Å²) in [7, 11) is 0. The maximum atomic E-state index is 13.1. The normalized spacial score (nSPS) is 11.0. The average Bonchev–Trinajstić information content (AvgIpc) is 2.82. The number of halogens is 1. The fourth-order valence-electron chi connectivity index (χ4n) is 1.85. The Morgan fingerprint density at radius 2 is 2.05 bits per heavy atom. The molecule has 0 bridgehead atoms. The van der Waals surface area contributed by atoms with E-state index < -0.39 is 0 Å². The molecule has 1 aromatic heterocycles. The van der Waals surface area contributed by atoms with Crippen LogP contribution in [0.5, 0.6) is 0 Å². The third-order valence-electron chi connectivity index (χ3n) is 2.78. The van der Waals surface area contributed by atoms with E-state index in [2.05, 4.69) is 9.97 Å². The van der Waals surface area contributed by atoms with E-state index in [1.165, 1.54) is 23.9 Å². The molecule has 96 valence electrons. The van der Waals surface area contributed by atoms with E-state index in [4.69, 9.17) is 5.73 Å². The van der Waals surface area contributed by atoms with Crippen LogP contribution in [0.25, 0.3) is 11.0 Å². The number of hydrogen-bond acceptors (Lipinski definition) is 3.